The van der Waals surface area contributed by atoms with E-state index in [1.807, 2.05) is 25.1 Å². The third-order valence-corrected chi connectivity index (χ3v) is 3.45. The lowest BCUT2D eigenvalue weighted by Crippen LogP contribution is -2.26. The van der Waals surface area contributed by atoms with Gasteiger partial charge in [0.25, 0.3) is 0 Å². The largest absolute Gasteiger partial charge is 0.398 e. The van der Waals surface area contributed by atoms with Gasteiger partial charge in [-0.1, -0.05) is 19.4 Å². The summed E-state index contributed by atoms with van der Waals surface area (Å²) in [7, 11) is 0. The van der Waals surface area contributed by atoms with Crippen LogP contribution in [0.3, 0.4) is 0 Å². The Morgan fingerprint density at radius 2 is 2.24 bits per heavy atom. The maximum absolute atomic E-state index is 11.5. The molecule has 0 unspecified atom stereocenters. The zero-order valence-corrected chi connectivity index (χ0v) is 11.3. The van der Waals surface area contributed by atoms with E-state index in [0.717, 1.165) is 35.5 Å². The predicted octanol–water partition coefficient (Wildman–Crippen LogP) is 2.59. The number of carbonyl (C=O) groups excluding carboxylic acids is 1. The second-order valence-corrected chi connectivity index (χ2v) is 5.05. The fourth-order valence-electron chi connectivity index (χ4n) is 1.37. The zero-order valence-electron chi connectivity index (χ0n) is 10.5. The second kappa shape index (κ2) is 7.22. The molecule has 0 atom stereocenters. The van der Waals surface area contributed by atoms with Gasteiger partial charge in [0.15, 0.2) is 0 Å². The third kappa shape index (κ3) is 5.13. The van der Waals surface area contributed by atoms with E-state index >= 15 is 0 Å². The van der Waals surface area contributed by atoms with Crippen LogP contribution in [0.5, 0.6) is 0 Å². The number of anilines is 1. The minimum atomic E-state index is 0.0735. The molecule has 4 heteroatoms. The summed E-state index contributed by atoms with van der Waals surface area (Å²) in [5.41, 5.74) is 7.74. The number of unbranched alkanes of at least 4 members (excludes halogenated alkanes) is 1. The zero-order chi connectivity index (χ0) is 12.7. The lowest BCUT2D eigenvalue weighted by atomic mass is 10.2. The van der Waals surface area contributed by atoms with Crippen LogP contribution in [0.4, 0.5) is 5.69 Å². The molecule has 1 aromatic carbocycles. The number of amides is 1. The van der Waals surface area contributed by atoms with E-state index in [1.54, 1.807) is 0 Å². The van der Waals surface area contributed by atoms with Gasteiger partial charge >= 0.3 is 0 Å². The molecule has 94 valence electrons. The molecule has 0 saturated carbocycles. The Morgan fingerprint density at radius 3 is 2.94 bits per heavy atom. The number of nitrogens with one attached hydrogen (secondary N) is 1. The summed E-state index contributed by atoms with van der Waals surface area (Å²) in [6.45, 7) is 4.89. The van der Waals surface area contributed by atoms with Gasteiger partial charge in [0, 0.05) is 17.1 Å². The Morgan fingerprint density at radius 1 is 1.47 bits per heavy atom. The van der Waals surface area contributed by atoms with E-state index in [0.29, 0.717) is 5.75 Å². The highest BCUT2D eigenvalue weighted by Crippen LogP contribution is 2.25. The van der Waals surface area contributed by atoms with Gasteiger partial charge in [0.05, 0.1) is 5.75 Å². The number of nitrogen functional groups attached to an aromatic ring is 1. The highest BCUT2D eigenvalue weighted by atomic mass is 32.2. The van der Waals surface area contributed by atoms with E-state index in [-0.39, 0.29) is 5.91 Å². The highest BCUT2D eigenvalue weighted by molar-refractivity contribution is 8.00. The Kier molecular flexibility index (Phi) is 5.91. The summed E-state index contributed by atoms with van der Waals surface area (Å²) in [4.78, 5) is 12.5. The molecule has 0 aliphatic carbocycles. The molecule has 0 aliphatic rings. The average molecular weight is 252 g/mol. The molecule has 0 aliphatic heterocycles. The normalized spacial score (nSPS) is 10.2. The van der Waals surface area contributed by atoms with Crippen molar-refractivity contribution in [2.24, 2.45) is 0 Å². The van der Waals surface area contributed by atoms with E-state index in [1.165, 1.54) is 11.8 Å². The molecule has 0 radical (unpaired) electrons. The third-order valence-electron chi connectivity index (χ3n) is 2.38. The Balaban J connectivity index is 2.39. The molecule has 1 aromatic rings. The van der Waals surface area contributed by atoms with Crippen molar-refractivity contribution in [1.82, 2.24) is 5.32 Å². The monoisotopic (exact) mass is 252 g/mol. The van der Waals surface area contributed by atoms with Crippen molar-refractivity contribution >= 4 is 23.4 Å². The first-order chi connectivity index (χ1) is 8.13. The number of carbonyl (C=O) groups is 1. The molecule has 3 nitrogen and oxygen atoms in total. The van der Waals surface area contributed by atoms with E-state index in [4.69, 9.17) is 5.73 Å². The molecular formula is C13H20N2OS. The van der Waals surface area contributed by atoms with Gasteiger partial charge in [0.2, 0.25) is 5.91 Å². The maximum atomic E-state index is 11.5. The van der Waals surface area contributed by atoms with Crippen molar-refractivity contribution in [3.63, 3.8) is 0 Å². The van der Waals surface area contributed by atoms with Gasteiger partial charge in [-0.25, -0.2) is 0 Å². The predicted molar refractivity (Wildman–Crippen MR) is 74.2 cm³/mol. The van der Waals surface area contributed by atoms with E-state index in [2.05, 4.69) is 12.2 Å². The molecule has 0 saturated heterocycles. The Hall–Kier alpha value is -1.16. The van der Waals surface area contributed by atoms with Crippen LogP contribution in [-0.2, 0) is 4.79 Å². The second-order valence-electron chi connectivity index (χ2n) is 4.03. The molecule has 0 aromatic heterocycles. The summed E-state index contributed by atoms with van der Waals surface area (Å²) in [5.74, 6) is 0.501. The number of hydrogen-bond acceptors (Lipinski definition) is 3. The van der Waals surface area contributed by atoms with Crippen molar-refractivity contribution in [2.45, 2.75) is 31.6 Å². The SMILES string of the molecule is CCCCNC(=O)CSc1cc(C)ccc1N. The van der Waals surface area contributed by atoms with Crippen molar-refractivity contribution in [3.05, 3.63) is 23.8 Å². The number of benzene rings is 1. The number of nitrogens with two attached hydrogens (primary N) is 1. The molecule has 0 spiro atoms. The topological polar surface area (TPSA) is 55.1 Å². The van der Waals surface area contributed by atoms with Crippen LogP contribution < -0.4 is 11.1 Å². The van der Waals surface area contributed by atoms with Crippen LogP contribution in [0.1, 0.15) is 25.3 Å². The minimum absolute atomic E-state index is 0.0735. The van der Waals surface area contributed by atoms with Crippen LogP contribution in [0.2, 0.25) is 0 Å². The first-order valence-electron chi connectivity index (χ1n) is 5.89. The van der Waals surface area contributed by atoms with E-state index < -0.39 is 0 Å². The average Bonchev–Trinajstić information content (AvgIpc) is 2.31. The molecular weight excluding hydrogens is 232 g/mol. The fourth-order valence-corrected chi connectivity index (χ4v) is 2.26. The number of thioether (sulfide) groups is 1. The maximum Gasteiger partial charge on any atom is 0.230 e. The van der Waals surface area contributed by atoms with Crippen molar-refractivity contribution < 1.29 is 4.79 Å². The lowest BCUT2D eigenvalue weighted by molar-refractivity contribution is -0.118. The van der Waals surface area contributed by atoms with Crippen LogP contribution in [0, 0.1) is 6.92 Å². The smallest absolute Gasteiger partial charge is 0.230 e. The fraction of sp³-hybridized carbons (Fsp3) is 0.462. The van der Waals surface area contributed by atoms with Crippen LogP contribution >= 0.6 is 11.8 Å². The first-order valence-corrected chi connectivity index (χ1v) is 6.87. The first kappa shape index (κ1) is 13.9. The molecule has 0 heterocycles. The molecule has 1 rings (SSSR count). The van der Waals surface area contributed by atoms with Gasteiger partial charge in [-0.2, -0.15) is 0 Å². The number of hydrogen-bond donors (Lipinski definition) is 2. The van der Waals surface area contributed by atoms with Gasteiger partial charge in [-0.15, -0.1) is 11.8 Å². The summed E-state index contributed by atoms with van der Waals surface area (Å²) < 4.78 is 0. The van der Waals surface area contributed by atoms with Gasteiger partial charge in [0.1, 0.15) is 0 Å². The summed E-state index contributed by atoms with van der Waals surface area (Å²) in [6.07, 6.45) is 2.13. The van der Waals surface area contributed by atoms with Crippen LogP contribution in [0.25, 0.3) is 0 Å². The Labute approximate surface area is 107 Å². The molecule has 3 N–H and O–H groups in total. The van der Waals surface area contributed by atoms with E-state index in [9.17, 15) is 4.79 Å². The number of aryl methyl sites for hydroxylation is 1. The molecule has 0 fully saturated rings. The quantitative estimate of drug-likeness (QED) is 0.465. The van der Waals surface area contributed by atoms with Crippen LogP contribution in [0.15, 0.2) is 23.1 Å². The van der Waals surface area contributed by atoms with Crippen molar-refractivity contribution in [3.8, 4) is 0 Å². The molecule has 0 bridgehead atoms. The summed E-state index contributed by atoms with van der Waals surface area (Å²) in [5, 5.41) is 2.89. The minimum Gasteiger partial charge on any atom is -0.398 e. The van der Waals surface area contributed by atoms with Crippen molar-refractivity contribution in [1.29, 1.82) is 0 Å². The standard InChI is InChI=1S/C13H20N2OS/c1-3-4-7-15-13(16)9-17-12-8-10(2)5-6-11(12)14/h5-6,8H,3-4,7,9,14H2,1-2H3,(H,15,16). The van der Waals surface area contributed by atoms with Gasteiger partial charge in [-0.3, -0.25) is 4.79 Å². The lowest BCUT2D eigenvalue weighted by Gasteiger charge is -2.07. The molecule has 17 heavy (non-hydrogen) atoms. The summed E-state index contributed by atoms with van der Waals surface area (Å²) in [6, 6.07) is 5.87. The van der Waals surface area contributed by atoms with Gasteiger partial charge < -0.3 is 11.1 Å². The van der Waals surface area contributed by atoms with Crippen LogP contribution in [-0.4, -0.2) is 18.2 Å². The number of rotatable bonds is 6. The van der Waals surface area contributed by atoms with Gasteiger partial charge in [-0.05, 0) is 31.0 Å². The summed E-state index contributed by atoms with van der Waals surface area (Å²) >= 11 is 1.49. The highest BCUT2D eigenvalue weighted by Gasteiger charge is 2.04. The van der Waals surface area contributed by atoms with Crippen molar-refractivity contribution in [2.75, 3.05) is 18.0 Å². The molecule has 1 amide bonds. The Bertz CT molecular complexity index is 380.